The van der Waals surface area contributed by atoms with Crippen molar-refractivity contribution in [3.63, 3.8) is 0 Å². The zero-order valence-corrected chi connectivity index (χ0v) is 25.9. The number of carbonyl (C=O) groups excluding carboxylic acids is 1. The fraction of sp³-hybridized carbons (Fsp3) is 0.207. The van der Waals surface area contributed by atoms with Gasteiger partial charge in [0.1, 0.15) is 0 Å². The molecule has 43 heavy (non-hydrogen) atoms. The van der Waals surface area contributed by atoms with Gasteiger partial charge < -0.3 is 9.72 Å². The van der Waals surface area contributed by atoms with Gasteiger partial charge in [0.05, 0.1) is 38.3 Å². The molecule has 0 unspecified atom stereocenters. The molecule has 0 aliphatic carbocycles. The van der Waals surface area contributed by atoms with E-state index in [9.17, 15) is 24.5 Å². The van der Waals surface area contributed by atoms with E-state index in [1.165, 1.54) is 16.7 Å². The fourth-order valence-corrected chi connectivity index (χ4v) is 6.98. The highest BCUT2D eigenvalue weighted by atomic mass is 32.2. The summed E-state index contributed by atoms with van der Waals surface area (Å²) in [5.74, 6) is -0.551. The Hall–Kier alpha value is -4.27. The number of esters is 1. The number of benzene rings is 2. The van der Waals surface area contributed by atoms with Crippen molar-refractivity contribution in [2.24, 2.45) is 4.99 Å². The number of hydrogen-bond donors (Lipinski definition) is 1. The number of nitro groups is 1. The maximum Gasteiger partial charge on any atom is 0.338 e. The number of aromatic nitrogens is 3. The standard InChI is InChI=1S/C29H25N5O6S3/c1-5-40-27(37)24-16(3)31-29-33(25(24)18-7-9-19(41-4)10-8-18)26(36)22(43-29)14-17-6-11-21(20(13-17)34(38)39)42-28-30-15(2)12-23(35)32-28/h6-14,25H,5H2,1-4H3,(H,30,32,35)/b22-14+/t25-/m1/s1. The quantitative estimate of drug-likeness (QED) is 0.0998. The predicted molar refractivity (Wildman–Crippen MR) is 165 cm³/mol. The van der Waals surface area contributed by atoms with Gasteiger partial charge in [-0.25, -0.2) is 14.8 Å². The van der Waals surface area contributed by atoms with Gasteiger partial charge >= 0.3 is 5.97 Å². The summed E-state index contributed by atoms with van der Waals surface area (Å²) in [7, 11) is 0. The molecule has 1 aliphatic rings. The Kier molecular flexibility index (Phi) is 8.80. The minimum atomic E-state index is -0.759. The summed E-state index contributed by atoms with van der Waals surface area (Å²) < 4.78 is 7.11. The number of nitrogens with zero attached hydrogens (tertiary/aromatic N) is 4. The number of nitro benzene ring substituents is 1. The maximum atomic E-state index is 13.9. The van der Waals surface area contributed by atoms with Crippen molar-refractivity contribution >= 4 is 52.6 Å². The smallest absolute Gasteiger partial charge is 0.338 e. The van der Waals surface area contributed by atoms with Gasteiger partial charge in [0, 0.05) is 22.7 Å². The molecular weight excluding hydrogens is 611 g/mol. The second-order valence-corrected chi connectivity index (χ2v) is 12.3. The number of nitrogens with one attached hydrogen (secondary N) is 1. The lowest BCUT2D eigenvalue weighted by Crippen LogP contribution is -2.39. The van der Waals surface area contributed by atoms with Gasteiger partial charge in [0.2, 0.25) is 0 Å². The van der Waals surface area contributed by atoms with Crippen LogP contribution in [0.2, 0.25) is 0 Å². The molecule has 0 spiro atoms. The molecule has 2 aromatic carbocycles. The molecule has 11 nitrogen and oxygen atoms in total. The summed E-state index contributed by atoms with van der Waals surface area (Å²) in [4.78, 5) is 63.3. The minimum Gasteiger partial charge on any atom is -0.463 e. The molecule has 0 saturated heterocycles. The highest BCUT2D eigenvalue weighted by Crippen LogP contribution is 2.34. The first-order valence-electron chi connectivity index (χ1n) is 13.0. The lowest BCUT2D eigenvalue weighted by molar-refractivity contribution is -0.387. The molecule has 220 valence electrons. The Labute approximate surface area is 257 Å². The summed E-state index contributed by atoms with van der Waals surface area (Å²) >= 11 is 3.68. The van der Waals surface area contributed by atoms with Crippen LogP contribution in [0.25, 0.3) is 6.08 Å². The molecule has 0 bridgehead atoms. The number of thioether (sulfide) groups is 1. The third kappa shape index (κ3) is 6.26. The van der Waals surface area contributed by atoms with Gasteiger partial charge in [0.25, 0.3) is 16.8 Å². The van der Waals surface area contributed by atoms with Gasteiger partial charge in [-0.05, 0) is 74.2 Å². The van der Waals surface area contributed by atoms with Crippen LogP contribution in [0.15, 0.2) is 89.3 Å². The molecule has 1 atom stereocenters. The van der Waals surface area contributed by atoms with Crippen molar-refractivity contribution in [2.75, 3.05) is 12.9 Å². The second kappa shape index (κ2) is 12.5. The van der Waals surface area contributed by atoms with Gasteiger partial charge in [-0.15, -0.1) is 11.8 Å². The zero-order valence-electron chi connectivity index (χ0n) is 23.4. The number of H-pyrrole nitrogens is 1. The van der Waals surface area contributed by atoms with Crippen LogP contribution in [0.4, 0.5) is 5.69 Å². The first kappa shape index (κ1) is 30.2. The van der Waals surface area contributed by atoms with Crippen LogP contribution in [-0.2, 0) is 9.53 Å². The number of aromatic amines is 1. The van der Waals surface area contributed by atoms with Crippen LogP contribution < -0.4 is 20.5 Å². The molecule has 0 saturated carbocycles. The van der Waals surface area contributed by atoms with Crippen molar-refractivity contribution in [1.82, 2.24) is 14.5 Å². The third-order valence-corrected chi connectivity index (χ3v) is 9.16. The number of fused-ring (bicyclic) bond motifs is 1. The Balaban J connectivity index is 1.61. The highest BCUT2D eigenvalue weighted by Gasteiger charge is 2.33. The van der Waals surface area contributed by atoms with E-state index < -0.39 is 16.9 Å². The maximum absolute atomic E-state index is 13.9. The van der Waals surface area contributed by atoms with Gasteiger partial charge in [0.15, 0.2) is 9.96 Å². The number of carbonyl (C=O) groups is 1. The minimum absolute atomic E-state index is 0.168. The molecule has 0 amide bonds. The number of allylic oxidation sites excluding steroid dienone is 1. The van der Waals surface area contributed by atoms with Crippen LogP contribution in [0.5, 0.6) is 0 Å². The van der Waals surface area contributed by atoms with E-state index in [0.29, 0.717) is 26.3 Å². The van der Waals surface area contributed by atoms with Crippen LogP contribution in [0.3, 0.4) is 0 Å². The number of rotatable bonds is 8. The average Bonchev–Trinajstić information content (AvgIpc) is 3.26. The SMILES string of the molecule is CCOC(=O)C1=C(C)N=c2s/c(=C/c3ccc(Sc4nc(C)cc(=O)[nH]4)c([N+](=O)[O-])c3)c(=O)n2[C@@H]1c1ccc(SC)cc1. The van der Waals surface area contributed by atoms with Gasteiger partial charge in [-0.1, -0.05) is 29.5 Å². The van der Waals surface area contributed by atoms with Crippen LogP contribution in [0.1, 0.15) is 36.7 Å². The lowest BCUT2D eigenvalue weighted by Gasteiger charge is -2.24. The summed E-state index contributed by atoms with van der Waals surface area (Å²) in [6.45, 7) is 5.25. The molecule has 14 heteroatoms. The van der Waals surface area contributed by atoms with Crippen LogP contribution in [0, 0.1) is 17.0 Å². The molecule has 0 radical (unpaired) electrons. The van der Waals surface area contributed by atoms with Crippen molar-refractivity contribution in [1.29, 1.82) is 0 Å². The number of aryl methyl sites for hydroxylation is 1. The molecule has 4 aromatic rings. The third-order valence-electron chi connectivity index (χ3n) is 6.48. The average molecular weight is 636 g/mol. The summed E-state index contributed by atoms with van der Waals surface area (Å²) in [6.07, 6.45) is 3.53. The first-order chi connectivity index (χ1) is 20.6. The molecule has 1 aliphatic heterocycles. The topological polar surface area (TPSA) is 150 Å². The zero-order chi connectivity index (χ0) is 30.8. The van der Waals surface area contributed by atoms with E-state index in [0.717, 1.165) is 33.6 Å². The molecule has 2 aromatic heterocycles. The van der Waals surface area contributed by atoms with Gasteiger partial charge in [-0.3, -0.25) is 24.3 Å². The molecule has 1 N–H and O–H groups in total. The monoisotopic (exact) mass is 635 g/mol. The number of hydrogen-bond acceptors (Lipinski definition) is 11. The van der Waals surface area contributed by atoms with E-state index in [-0.39, 0.29) is 39.0 Å². The van der Waals surface area contributed by atoms with E-state index >= 15 is 0 Å². The summed E-state index contributed by atoms with van der Waals surface area (Å²) in [5.41, 5.74) is 1.41. The largest absolute Gasteiger partial charge is 0.463 e. The Bertz CT molecular complexity index is 2030. The summed E-state index contributed by atoms with van der Waals surface area (Å²) in [6, 6.07) is 12.7. The van der Waals surface area contributed by atoms with Crippen LogP contribution in [-0.4, -0.2) is 38.3 Å². The Morgan fingerprint density at radius 3 is 2.58 bits per heavy atom. The second-order valence-electron chi connectivity index (χ2n) is 9.35. The van der Waals surface area contributed by atoms with Crippen molar-refractivity contribution in [3.8, 4) is 0 Å². The molecule has 0 fully saturated rings. The van der Waals surface area contributed by atoms with E-state index in [4.69, 9.17) is 4.74 Å². The summed E-state index contributed by atoms with van der Waals surface area (Å²) in [5, 5.41) is 12.2. The van der Waals surface area contributed by atoms with Crippen molar-refractivity contribution < 1.29 is 14.5 Å². The predicted octanol–water partition coefficient (Wildman–Crippen LogP) is 3.97. The van der Waals surface area contributed by atoms with E-state index in [1.54, 1.807) is 50.7 Å². The fourth-order valence-electron chi connectivity index (χ4n) is 4.60. The van der Waals surface area contributed by atoms with E-state index in [1.807, 2.05) is 30.5 Å². The van der Waals surface area contributed by atoms with Crippen LogP contribution >= 0.6 is 34.9 Å². The Morgan fingerprint density at radius 1 is 1.19 bits per heavy atom. The number of thiazole rings is 1. The molecular formula is C29H25N5O6S3. The number of ether oxygens (including phenoxy) is 1. The van der Waals surface area contributed by atoms with Gasteiger partial charge in [-0.2, -0.15) is 0 Å². The normalized spacial score (nSPS) is 14.8. The van der Waals surface area contributed by atoms with Crippen molar-refractivity contribution in [2.45, 2.75) is 41.8 Å². The van der Waals surface area contributed by atoms with Crippen molar-refractivity contribution in [3.05, 3.63) is 117 Å². The first-order valence-corrected chi connectivity index (χ1v) is 15.8. The highest BCUT2D eigenvalue weighted by molar-refractivity contribution is 7.99. The molecule has 3 heterocycles. The lowest BCUT2D eigenvalue weighted by atomic mass is 9.96. The molecule has 5 rings (SSSR count). The van der Waals surface area contributed by atoms with E-state index in [2.05, 4.69) is 15.0 Å². The Morgan fingerprint density at radius 2 is 1.93 bits per heavy atom.